The van der Waals surface area contributed by atoms with E-state index in [1.165, 1.54) is 24.4 Å². The van der Waals surface area contributed by atoms with Crippen molar-refractivity contribution in [3.8, 4) is 11.5 Å². The highest BCUT2D eigenvalue weighted by Gasteiger charge is 2.08. The Labute approximate surface area is 155 Å². The molecule has 1 amide bonds. The van der Waals surface area contributed by atoms with Gasteiger partial charge in [-0.05, 0) is 68.6 Å². The Morgan fingerprint density at radius 1 is 1.21 bits per heavy atom. The number of nitrogens with zero attached hydrogens (tertiary/aromatic N) is 1. The van der Waals surface area contributed by atoms with Crippen LogP contribution in [0.1, 0.15) is 11.1 Å². The van der Waals surface area contributed by atoms with Crippen molar-refractivity contribution < 1.29 is 15.0 Å². The van der Waals surface area contributed by atoms with Crippen LogP contribution in [0.25, 0.3) is 0 Å². The minimum atomic E-state index is -0.344. The van der Waals surface area contributed by atoms with Crippen LogP contribution in [0, 0.1) is 6.92 Å². The van der Waals surface area contributed by atoms with E-state index in [4.69, 9.17) is 0 Å². The normalized spacial score (nSPS) is 10.8. The number of carbonyl (C=O) groups is 1. The average Bonchev–Trinajstić information content (AvgIpc) is 2.48. The van der Waals surface area contributed by atoms with E-state index in [2.05, 4.69) is 47.7 Å². The molecule has 0 saturated carbocycles. The van der Waals surface area contributed by atoms with Gasteiger partial charge in [0, 0.05) is 20.6 Å². The fourth-order valence-corrected chi connectivity index (χ4v) is 3.59. The first-order chi connectivity index (χ1) is 11.4. The fraction of sp³-hybridized carbons (Fsp3) is 0.125. The first kappa shape index (κ1) is 18.3. The number of hydrogen-bond donors (Lipinski definition) is 4. The first-order valence-electron chi connectivity index (χ1n) is 6.90. The van der Waals surface area contributed by atoms with Crippen LogP contribution in [0.3, 0.4) is 0 Å². The number of aryl methyl sites for hydroxylation is 1. The maximum Gasteiger partial charge on any atom is 0.259 e. The van der Waals surface area contributed by atoms with Gasteiger partial charge in [-0.2, -0.15) is 5.10 Å². The van der Waals surface area contributed by atoms with Gasteiger partial charge in [0.1, 0.15) is 11.5 Å². The third-order valence-electron chi connectivity index (χ3n) is 3.02. The average molecular weight is 457 g/mol. The summed E-state index contributed by atoms with van der Waals surface area (Å²) in [6.07, 6.45) is 1.30. The zero-order chi connectivity index (χ0) is 17.7. The van der Waals surface area contributed by atoms with Crippen LogP contribution in [0.5, 0.6) is 11.5 Å². The third-order valence-corrected chi connectivity index (χ3v) is 4.27. The molecule has 0 fully saturated rings. The Morgan fingerprint density at radius 2 is 1.88 bits per heavy atom. The number of aromatic hydroxyl groups is 2. The van der Waals surface area contributed by atoms with Crippen LogP contribution in [-0.4, -0.2) is 28.9 Å². The Bertz CT molecular complexity index is 771. The van der Waals surface area contributed by atoms with Crippen molar-refractivity contribution >= 4 is 49.7 Å². The zero-order valence-corrected chi connectivity index (χ0v) is 15.8. The van der Waals surface area contributed by atoms with Crippen LogP contribution < -0.4 is 10.7 Å². The van der Waals surface area contributed by atoms with Gasteiger partial charge in [0.05, 0.1) is 18.4 Å². The lowest BCUT2D eigenvalue weighted by atomic mass is 10.2. The molecule has 0 heterocycles. The summed E-state index contributed by atoms with van der Waals surface area (Å²) in [5, 5.41) is 25.6. The number of amides is 1. The molecular formula is C16H15Br2N3O3. The molecule has 0 unspecified atom stereocenters. The highest BCUT2D eigenvalue weighted by molar-refractivity contribution is 9.11. The molecular weight excluding hydrogens is 442 g/mol. The SMILES string of the molecule is Cc1cc(Br)c(NCC(=O)N/N=C\c2ccc(O)cc2O)c(Br)c1. The van der Waals surface area contributed by atoms with Gasteiger partial charge in [-0.25, -0.2) is 5.43 Å². The van der Waals surface area contributed by atoms with Gasteiger partial charge in [0.2, 0.25) is 0 Å². The van der Waals surface area contributed by atoms with E-state index in [9.17, 15) is 15.0 Å². The molecule has 8 heteroatoms. The number of nitrogens with one attached hydrogen (secondary N) is 2. The van der Waals surface area contributed by atoms with E-state index in [0.29, 0.717) is 5.56 Å². The molecule has 2 aromatic carbocycles. The van der Waals surface area contributed by atoms with Crippen molar-refractivity contribution in [2.24, 2.45) is 5.10 Å². The monoisotopic (exact) mass is 455 g/mol. The molecule has 0 bridgehead atoms. The van der Waals surface area contributed by atoms with E-state index >= 15 is 0 Å². The topological polar surface area (TPSA) is 94.0 Å². The van der Waals surface area contributed by atoms with Gasteiger partial charge in [0.15, 0.2) is 0 Å². The molecule has 0 radical (unpaired) electrons. The van der Waals surface area contributed by atoms with Crippen molar-refractivity contribution in [2.75, 3.05) is 11.9 Å². The number of phenolic OH excluding ortho intramolecular Hbond substituents is 2. The predicted octanol–water partition coefficient (Wildman–Crippen LogP) is 3.49. The summed E-state index contributed by atoms with van der Waals surface area (Å²) < 4.78 is 1.69. The van der Waals surface area contributed by atoms with Gasteiger partial charge in [-0.3, -0.25) is 4.79 Å². The Balaban J connectivity index is 1.91. The standard InChI is InChI=1S/C16H15Br2N3O3/c1-9-4-12(17)16(13(18)5-9)19-8-15(24)21-20-7-10-2-3-11(22)6-14(10)23/h2-7,19,22-23H,8H2,1H3,(H,21,24)/b20-7-. The second-order valence-corrected chi connectivity index (χ2v) is 6.70. The minimum Gasteiger partial charge on any atom is -0.508 e. The summed E-state index contributed by atoms with van der Waals surface area (Å²) >= 11 is 6.89. The molecule has 0 spiro atoms. The number of benzene rings is 2. The molecule has 0 aliphatic carbocycles. The van der Waals surface area contributed by atoms with E-state index in [1.807, 2.05) is 19.1 Å². The molecule has 0 aliphatic rings. The van der Waals surface area contributed by atoms with Gasteiger partial charge in [0.25, 0.3) is 5.91 Å². The lowest BCUT2D eigenvalue weighted by molar-refractivity contribution is -0.119. The predicted molar refractivity (Wildman–Crippen MR) is 101 cm³/mol. The number of rotatable bonds is 5. The number of halogens is 2. The van der Waals surface area contributed by atoms with Crippen LogP contribution in [0.2, 0.25) is 0 Å². The van der Waals surface area contributed by atoms with Crippen molar-refractivity contribution in [2.45, 2.75) is 6.92 Å². The Hall–Kier alpha value is -2.06. The van der Waals surface area contributed by atoms with Gasteiger partial charge < -0.3 is 15.5 Å². The zero-order valence-electron chi connectivity index (χ0n) is 12.7. The first-order valence-corrected chi connectivity index (χ1v) is 8.49. The quantitative estimate of drug-likeness (QED) is 0.409. The molecule has 126 valence electrons. The molecule has 0 saturated heterocycles. The number of phenols is 2. The van der Waals surface area contributed by atoms with E-state index in [0.717, 1.165) is 20.2 Å². The highest BCUT2D eigenvalue weighted by atomic mass is 79.9. The van der Waals surface area contributed by atoms with Crippen LogP contribution >= 0.6 is 31.9 Å². The van der Waals surface area contributed by atoms with Gasteiger partial charge in [-0.1, -0.05) is 0 Å². The van der Waals surface area contributed by atoms with E-state index in [1.54, 1.807) is 0 Å². The summed E-state index contributed by atoms with van der Waals surface area (Å²) in [6.45, 7) is 2.00. The maximum absolute atomic E-state index is 11.8. The molecule has 24 heavy (non-hydrogen) atoms. The molecule has 4 N–H and O–H groups in total. The molecule has 6 nitrogen and oxygen atoms in total. The van der Waals surface area contributed by atoms with Gasteiger partial charge >= 0.3 is 0 Å². The number of carbonyl (C=O) groups excluding carboxylic acids is 1. The number of hydrogen-bond acceptors (Lipinski definition) is 5. The summed E-state index contributed by atoms with van der Waals surface area (Å²) in [6, 6.07) is 7.97. The number of anilines is 1. The Kier molecular flexibility index (Phi) is 6.22. The third kappa shape index (κ3) is 4.97. The highest BCUT2D eigenvalue weighted by Crippen LogP contribution is 2.32. The maximum atomic E-state index is 11.8. The summed E-state index contributed by atoms with van der Waals surface area (Å²) in [7, 11) is 0. The van der Waals surface area contributed by atoms with E-state index < -0.39 is 0 Å². The van der Waals surface area contributed by atoms with Crippen molar-refractivity contribution in [3.63, 3.8) is 0 Å². The van der Waals surface area contributed by atoms with Crippen molar-refractivity contribution in [1.82, 2.24) is 5.43 Å². The van der Waals surface area contributed by atoms with E-state index in [-0.39, 0.29) is 24.0 Å². The lowest BCUT2D eigenvalue weighted by Crippen LogP contribution is -2.26. The summed E-state index contributed by atoms with van der Waals surface area (Å²) in [5.41, 5.74) is 4.60. The molecule has 0 atom stereocenters. The van der Waals surface area contributed by atoms with Gasteiger partial charge in [-0.15, -0.1) is 0 Å². The van der Waals surface area contributed by atoms with Crippen LogP contribution in [-0.2, 0) is 4.79 Å². The molecule has 0 aliphatic heterocycles. The molecule has 0 aromatic heterocycles. The lowest BCUT2D eigenvalue weighted by Gasteiger charge is -2.11. The second-order valence-electron chi connectivity index (χ2n) is 4.99. The summed E-state index contributed by atoms with van der Waals surface area (Å²) in [4.78, 5) is 11.8. The van der Waals surface area contributed by atoms with Crippen LogP contribution in [0.4, 0.5) is 5.69 Å². The van der Waals surface area contributed by atoms with Crippen LogP contribution in [0.15, 0.2) is 44.4 Å². The smallest absolute Gasteiger partial charge is 0.259 e. The largest absolute Gasteiger partial charge is 0.508 e. The minimum absolute atomic E-state index is 0.0269. The molecule has 2 rings (SSSR count). The second kappa shape index (κ2) is 8.16. The number of hydrazone groups is 1. The Morgan fingerprint density at radius 3 is 2.50 bits per heavy atom. The molecule has 2 aromatic rings. The van der Waals surface area contributed by atoms with Crippen molar-refractivity contribution in [3.05, 3.63) is 50.4 Å². The van der Waals surface area contributed by atoms with Crippen molar-refractivity contribution in [1.29, 1.82) is 0 Å². The fourth-order valence-electron chi connectivity index (χ4n) is 1.89. The summed E-state index contributed by atoms with van der Waals surface area (Å²) in [5.74, 6) is -0.519.